The van der Waals surface area contributed by atoms with Gasteiger partial charge in [0, 0.05) is 28.7 Å². The van der Waals surface area contributed by atoms with Gasteiger partial charge in [-0.2, -0.15) is 0 Å². The Kier molecular flexibility index (Phi) is 6.61. The molecular formula is C19H15ClO6S. The molecule has 0 saturated carbocycles. The molecule has 0 aliphatic heterocycles. The van der Waals surface area contributed by atoms with Crippen molar-refractivity contribution in [2.24, 2.45) is 0 Å². The number of hydrogen-bond acceptors (Lipinski definition) is 6. The highest BCUT2D eigenvalue weighted by molar-refractivity contribution is 8.13. The summed E-state index contributed by atoms with van der Waals surface area (Å²) < 4.78 is 32.5. The number of hydrogen-bond donors (Lipinski definition) is 0. The Morgan fingerprint density at radius 1 is 1.04 bits per heavy atom. The minimum absolute atomic E-state index is 0.0231. The van der Waals surface area contributed by atoms with Gasteiger partial charge in [-0.05, 0) is 49.4 Å². The standard InChI is InChI=1S/C19H15ClO6S/c1-3-25-19(22)17-12-15(8-11-18(17)26-13(2)21)5-4-14-6-9-16(10-7-14)27(20,23)24/h6-12H,3H2,1-2H3. The highest BCUT2D eigenvalue weighted by Crippen LogP contribution is 2.22. The van der Waals surface area contributed by atoms with Crippen molar-refractivity contribution in [3.63, 3.8) is 0 Å². The molecule has 0 radical (unpaired) electrons. The van der Waals surface area contributed by atoms with Crippen molar-refractivity contribution in [1.82, 2.24) is 0 Å². The third-order valence-corrected chi connectivity index (χ3v) is 4.59. The van der Waals surface area contributed by atoms with E-state index in [1.165, 1.54) is 43.3 Å². The third-order valence-electron chi connectivity index (χ3n) is 3.22. The van der Waals surface area contributed by atoms with Crippen molar-refractivity contribution >= 4 is 31.7 Å². The Bertz CT molecular complexity index is 1030. The molecule has 0 fully saturated rings. The van der Waals surface area contributed by atoms with Crippen LogP contribution in [-0.2, 0) is 18.6 Å². The molecule has 140 valence electrons. The molecule has 0 spiro atoms. The maximum atomic E-state index is 12.1. The van der Waals surface area contributed by atoms with Gasteiger partial charge in [0.25, 0.3) is 9.05 Å². The van der Waals surface area contributed by atoms with Crippen molar-refractivity contribution in [3.8, 4) is 17.6 Å². The number of benzene rings is 2. The number of rotatable bonds is 4. The summed E-state index contributed by atoms with van der Waals surface area (Å²) >= 11 is 0. The van der Waals surface area contributed by atoms with Crippen LogP contribution in [0.2, 0.25) is 0 Å². The van der Waals surface area contributed by atoms with Crippen LogP contribution in [0.5, 0.6) is 5.75 Å². The predicted molar refractivity (Wildman–Crippen MR) is 99.2 cm³/mol. The van der Waals surface area contributed by atoms with Crippen LogP contribution in [0, 0.1) is 11.8 Å². The maximum absolute atomic E-state index is 12.1. The van der Waals surface area contributed by atoms with Crippen LogP contribution in [0.25, 0.3) is 0 Å². The molecule has 0 atom stereocenters. The highest BCUT2D eigenvalue weighted by atomic mass is 35.7. The molecule has 0 saturated heterocycles. The van der Waals surface area contributed by atoms with E-state index in [9.17, 15) is 18.0 Å². The van der Waals surface area contributed by atoms with Crippen molar-refractivity contribution in [2.75, 3.05) is 6.61 Å². The molecule has 2 rings (SSSR count). The van der Waals surface area contributed by atoms with Gasteiger partial charge in [0.1, 0.15) is 11.3 Å². The van der Waals surface area contributed by atoms with Crippen LogP contribution >= 0.6 is 10.7 Å². The van der Waals surface area contributed by atoms with Crippen molar-refractivity contribution in [2.45, 2.75) is 18.7 Å². The summed E-state index contributed by atoms with van der Waals surface area (Å²) in [5, 5.41) is 0. The first kappa shape index (κ1) is 20.5. The van der Waals surface area contributed by atoms with Crippen molar-refractivity contribution in [3.05, 3.63) is 59.2 Å². The lowest BCUT2D eigenvalue weighted by Crippen LogP contribution is -2.10. The second-order valence-electron chi connectivity index (χ2n) is 5.24. The van der Waals surface area contributed by atoms with Gasteiger partial charge in [0.05, 0.1) is 11.5 Å². The Balaban J connectivity index is 2.34. The monoisotopic (exact) mass is 406 g/mol. The summed E-state index contributed by atoms with van der Waals surface area (Å²) in [6.45, 7) is 3.06. The number of carbonyl (C=O) groups excluding carboxylic acids is 2. The number of ether oxygens (including phenoxy) is 2. The highest BCUT2D eigenvalue weighted by Gasteiger charge is 2.16. The smallest absolute Gasteiger partial charge is 0.341 e. The predicted octanol–water partition coefficient (Wildman–Crippen LogP) is 3.12. The first-order valence-electron chi connectivity index (χ1n) is 7.77. The molecule has 2 aromatic rings. The van der Waals surface area contributed by atoms with E-state index in [-0.39, 0.29) is 22.8 Å². The number of carbonyl (C=O) groups is 2. The summed E-state index contributed by atoms with van der Waals surface area (Å²) in [6, 6.07) is 10.2. The molecule has 0 bridgehead atoms. The zero-order valence-electron chi connectivity index (χ0n) is 14.5. The SMILES string of the molecule is CCOC(=O)c1cc(C#Cc2ccc(S(=O)(=O)Cl)cc2)ccc1OC(C)=O. The second kappa shape index (κ2) is 8.71. The molecule has 27 heavy (non-hydrogen) atoms. The van der Waals surface area contributed by atoms with Crippen molar-refractivity contribution < 1.29 is 27.5 Å². The van der Waals surface area contributed by atoms with Crippen LogP contribution in [0.1, 0.15) is 35.3 Å². The largest absolute Gasteiger partial charge is 0.462 e. The summed E-state index contributed by atoms with van der Waals surface area (Å²) in [5.41, 5.74) is 1.13. The van der Waals surface area contributed by atoms with E-state index in [0.29, 0.717) is 11.1 Å². The zero-order chi connectivity index (χ0) is 20.0. The summed E-state index contributed by atoms with van der Waals surface area (Å²) in [6.07, 6.45) is 0. The van der Waals surface area contributed by atoms with E-state index in [4.69, 9.17) is 20.2 Å². The van der Waals surface area contributed by atoms with Gasteiger partial charge in [0.2, 0.25) is 0 Å². The Labute approximate surface area is 161 Å². The van der Waals surface area contributed by atoms with Crippen LogP contribution < -0.4 is 4.74 Å². The summed E-state index contributed by atoms with van der Waals surface area (Å²) in [7, 11) is 1.47. The van der Waals surface area contributed by atoms with Crippen LogP contribution in [0.3, 0.4) is 0 Å². The van der Waals surface area contributed by atoms with Gasteiger partial charge in [-0.15, -0.1) is 0 Å². The lowest BCUT2D eigenvalue weighted by atomic mass is 10.1. The van der Waals surface area contributed by atoms with E-state index in [2.05, 4.69) is 11.8 Å². The molecule has 0 amide bonds. The fraction of sp³-hybridized carbons (Fsp3) is 0.158. The Morgan fingerprint density at radius 2 is 1.63 bits per heavy atom. The lowest BCUT2D eigenvalue weighted by molar-refractivity contribution is -0.131. The molecule has 0 aliphatic rings. The molecule has 8 heteroatoms. The quantitative estimate of drug-likeness (QED) is 0.335. The van der Waals surface area contributed by atoms with E-state index in [1.807, 2.05) is 0 Å². The van der Waals surface area contributed by atoms with Crippen LogP contribution in [0.15, 0.2) is 47.4 Å². The van der Waals surface area contributed by atoms with Gasteiger partial charge in [-0.1, -0.05) is 11.8 Å². The molecule has 0 aromatic heterocycles. The van der Waals surface area contributed by atoms with Gasteiger partial charge >= 0.3 is 11.9 Å². The minimum Gasteiger partial charge on any atom is -0.462 e. The van der Waals surface area contributed by atoms with Gasteiger partial charge in [-0.25, -0.2) is 13.2 Å². The van der Waals surface area contributed by atoms with E-state index < -0.39 is 21.0 Å². The molecule has 0 unspecified atom stereocenters. The van der Waals surface area contributed by atoms with Crippen LogP contribution in [0.4, 0.5) is 0 Å². The average molecular weight is 407 g/mol. The Morgan fingerprint density at radius 3 is 2.19 bits per heavy atom. The van der Waals surface area contributed by atoms with Crippen LogP contribution in [-0.4, -0.2) is 27.0 Å². The fourth-order valence-corrected chi connectivity index (χ4v) is 2.83. The molecule has 0 N–H and O–H groups in total. The minimum atomic E-state index is -3.79. The molecule has 0 heterocycles. The normalized spacial score (nSPS) is 10.5. The van der Waals surface area contributed by atoms with Gasteiger partial charge < -0.3 is 9.47 Å². The first-order valence-corrected chi connectivity index (χ1v) is 10.1. The van der Waals surface area contributed by atoms with Crippen molar-refractivity contribution in [1.29, 1.82) is 0 Å². The second-order valence-corrected chi connectivity index (χ2v) is 7.80. The molecular weight excluding hydrogens is 392 g/mol. The maximum Gasteiger partial charge on any atom is 0.341 e. The summed E-state index contributed by atoms with van der Waals surface area (Å²) in [4.78, 5) is 23.2. The topological polar surface area (TPSA) is 86.7 Å². The van der Waals surface area contributed by atoms with E-state index in [0.717, 1.165) is 0 Å². The molecule has 2 aromatic carbocycles. The third kappa shape index (κ3) is 5.84. The lowest BCUT2D eigenvalue weighted by Gasteiger charge is -2.08. The summed E-state index contributed by atoms with van der Waals surface area (Å²) in [5.74, 6) is 4.60. The number of halogens is 1. The zero-order valence-corrected chi connectivity index (χ0v) is 16.1. The first-order chi connectivity index (χ1) is 12.7. The fourth-order valence-electron chi connectivity index (χ4n) is 2.07. The molecule has 0 aliphatic carbocycles. The van der Waals surface area contributed by atoms with Gasteiger partial charge in [0.15, 0.2) is 0 Å². The van der Waals surface area contributed by atoms with Gasteiger partial charge in [-0.3, -0.25) is 4.79 Å². The van der Waals surface area contributed by atoms with E-state index >= 15 is 0 Å². The average Bonchev–Trinajstić information content (AvgIpc) is 2.60. The Hall–Kier alpha value is -2.82. The number of esters is 2. The molecule has 6 nitrogen and oxygen atoms in total. The van der Waals surface area contributed by atoms with E-state index in [1.54, 1.807) is 13.0 Å².